The summed E-state index contributed by atoms with van der Waals surface area (Å²) in [6.07, 6.45) is 9.40. The number of aromatic nitrogens is 6. The lowest BCUT2D eigenvalue weighted by Gasteiger charge is -2.15. The number of rotatable bonds is 6. The zero-order valence-corrected chi connectivity index (χ0v) is 30.2. The lowest BCUT2D eigenvalue weighted by atomic mass is 9.92. The number of imidazole rings is 1. The third-order valence-corrected chi connectivity index (χ3v) is 10.8. The van der Waals surface area contributed by atoms with E-state index in [1.54, 1.807) is 6.20 Å². The predicted molar refractivity (Wildman–Crippen MR) is 228 cm³/mol. The van der Waals surface area contributed by atoms with Gasteiger partial charge >= 0.3 is 0 Å². The highest BCUT2D eigenvalue weighted by Crippen LogP contribution is 2.46. The lowest BCUT2D eigenvalue weighted by Crippen LogP contribution is -2.02. The second kappa shape index (κ2) is 13.0. The van der Waals surface area contributed by atoms with E-state index < -0.39 is 0 Å². The molecular formula is C50H32N6. The van der Waals surface area contributed by atoms with Crippen molar-refractivity contribution in [2.45, 2.75) is 0 Å². The average molecular weight is 717 g/mol. The van der Waals surface area contributed by atoms with E-state index >= 15 is 0 Å². The van der Waals surface area contributed by atoms with Gasteiger partial charge in [-0.1, -0.05) is 133 Å². The zero-order chi connectivity index (χ0) is 37.0. The highest BCUT2D eigenvalue weighted by Gasteiger charge is 2.24. The van der Waals surface area contributed by atoms with Gasteiger partial charge in [0, 0.05) is 58.4 Å². The molecule has 0 spiro atoms. The van der Waals surface area contributed by atoms with E-state index in [4.69, 9.17) is 9.97 Å². The predicted octanol–water partition coefficient (Wildman–Crippen LogP) is 12.1. The summed E-state index contributed by atoms with van der Waals surface area (Å²) in [6, 6.07) is 58.2. The lowest BCUT2D eigenvalue weighted by molar-refractivity contribution is 1.06. The van der Waals surface area contributed by atoms with Crippen LogP contribution in [0.4, 0.5) is 0 Å². The SMILES string of the molecule is c1ccc(-c2c(-c3ccccc3)n(-c3cccc(-c4ccncc4)n3)c3c2ccc2c4cccc(-c5ccc(-c6cn7cccnc7n6)cc5)c4ccc23)cc1. The molecule has 262 valence electrons. The van der Waals surface area contributed by atoms with Crippen LogP contribution in [0.1, 0.15) is 0 Å². The fourth-order valence-corrected chi connectivity index (χ4v) is 8.22. The standard InChI is InChI=1S/C50H32N6/c1-3-10-36(11-4-1)47-43-25-23-41-39-15-7-14-38(33-18-20-34(21-19-33)45-32-55-31-9-28-52-50(55)54-45)40(39)22-24-42(41)49(43)56(48(47)37-12-5-2-6-13-37)46-17-8-16-44(53-46)35-26-29-51-30-27-35/h1-32H. The molecule has 56 heavy (non-hydrogen) atoms. The minimum absolute atomic E-state index is 0.691. The van der Waals surface area contributed by atoms with Gasteiger partial charge in [-0.15, -0.1) is 0 Å². The summed E-state index contributed by atoms with van der Waals surface area (Å²) in [7, 11) is 0. The van der Waals surface area contributed by atoms with Gasteiger partial charge in [0.1, 0.15) is 5.82 Å². The maximum absolute atomic E-state index is 5.35. The van der Waals surface area contributed by atoms with Crippen LogP contribution in [0.25, 0.3) is 100 Å². The minimum Gasteiger partial charge on any atom is -0.293 e. The molecule has 5 aromatic heterocycles. The monoisotopic (exact) mass is 716 g/mol. The summed E-state index contributed by atoms with van der Waals surface area (Å²) in [5.41, 5.74) is 11.9. The van der Waals surface area contributed by atoms with E-state index in [0.29, 0.717) is 5.78 Å². The summed E-state index contributed by atoms with van der Waals surface area (Å²) in [5, 5.41) is 5.93. The van der Waals surface area contributed by atoms with Crippen LogP contribution in [0, 0.1) is 0 Å². The first-order valence-electron chi connectivity index (χ1n) is 18.7. The van der Waals surface area contributed by atoms with Crippen molar-refractivity contribution >= 4 is 38.2 Å². The highest BCUT2D eigenvalue weighted by molar-refractivity contribution is 6.22. The fraction of sp³-hybridized carbons (Fsp3) is 0. The number of nitrogens with zero attached hydrogens (tertiary/aromatic N) is 6. The van der Waals surface area contributed by atoms with Crippen molar-refractivity contribution in [3.63, 3.8) is 0 Å². The highest BCUT2D eigenvalue weighted by atomic mass is 15.1. The third-order valence-electron chi connectivity index (χ3n) is 10.8. The zero-order valence-electron chi connectivity index (χ0n) is 30.2. The molecule has 0 fully saturated rings. The molecule has 0 radical (unpaired) electrons. The molecule has 6 nitrogen and oxygen atoms in total. The average Bonchev–Trinajstić information content (AvgIpc) is 3.87. The molecule has 0 amide bonds. The maximum Gasteiger partial charge on any atom is 0.234 e. The Bertz CT molecular complexity index is 3190. The van der Waals surface area contributed by atoms with Crippen LogP contribution in [-0.4, -0.2) is 28.9 Å². The minimum atomic E-state index is 0.691. The molecule has 0 saturated carbocycles. The molecule has 0 bridgehead atoms. The van der Waals surface area contributed by atoms with Crippen molar-refractivity contribution in [1.29, 1.82) is 0 Å². The van der Waals surface area contributed by atoms with Crippen LogP contribution in [0.15, 0.2) is 195 Å². The molecule has 6 aromatic carbocycles. The van der Waals surface area contributed by atoms with Crippen LogP contribution in [0.2, 0.25) is 0 Å². The van der Waals surface area contributed by atoms with Crippen molar-refractivity contribution < 1.29 is 0 Å². The Morgan fingerprint density at radius 1 is 0.411 bits per heavy atom. The van der Waals surface area contributed by atoms with E-state index in [2.05, 4.69) is 160 Å². The topological polar surface area (TPSA) is 60.9 Å². The van der Waals surface area contributed by atoms with Crippen LogP contribution < -0.4 is 0 Å². The van der Waals surface area contributed by atoms with E-state index in [0.717, 1.165) is 56.2 Å². The van der Waals surface area contributed by atoms with Gasteiger partial charge < -0.3 is 0 Å². The van der Waals surface area contributed by atoms with Gasteiger partial charge in [-0.05, 0) is 68.7 Å². The van der Waals surface area contributed by atoms with Gasteiger partial charge in [0.15, 0.2) is 0 Å². The summed E-state index contributed by atoms with van der Waals surface area (Å²) >= 11 is 0. The maximum atomic E-state index is 5.35. The van der Waals surface area contributed by atoms with Crippen molar-refractivity contribution in [2.75, 3.05) is 0 Å². The molecule has 0 saturated heterocycles. The Morgan fingerprint density at radius 2 is 1.09 bits per heavy atom. The van der Waals surface area contributed by atoms with Gasteiger partial charge in [-0.25, -0.2) is 15.0 Å². The number of hydrogen-bond acceptors (Lipinski definition) is 4. The second-order valence-electron chi connectivity index (χ2n) is 14.0. The van der Waals surface area contributed by atoms with Crippen LogP contribution >= 0.6 is 0 Å². The molecule has 0 aliphatic heterocycles. The van der Waals surface area contributed by atoms with Gasteiger partial charge in [0.2, 0.25) is 5.78 Å². The first kappa shape index (κ1) is 31.8. The summed E-state index contributed by atoms with van der Waals surface area (Å²) in [5.74, 6) is 1.55. The van der Waals surface area contributed by atoms with Crippen LogP contribution in [-0.2, 0) is 0 Å². The van der Waals surface area contributed by atoms with Gasteiger partial charge in [-0.3, -0.25) is 14.0 Å². The van der Waals surface area contributed by atoms with Gasteiger partial charge in [0.25, 0.3) is 0 Å². The third kappa shape index (κ3) is 5.19. The van der Waals surface area contributed by atoms with Crippen LogP contribution in [0.5, 0.6) is 0 Å². The fourth-order valence-electron chi connectivity index (χ4n) is 8.22. The summed E-state index contributed by atoms with van der Waals surface area (Å²) in [6.45, 7) is 0. The molecule has 11 rings (SSSR count). The molecule has 0 N–H and O–H groups in total. The van der Waals surface area contributed by atoms with E-state index in [9.17, 15) is 0 Å². The Morgan fingerprint density at radius 3 is 1.89 bits per heavy atom. The molecule has 5 heterocycles. The van der Waals surface area contributed by atoms with Gasteiger partial charge in [-0.2, -0.15) is 0 Å². The molecule has 0 aliphatic carbocycles. The molecule has 0 aliphatic rings. The molecule has 6 heteroatoms. The largest absolute Gasteiger partial charge is 0.293 e. The quantitative estimate of drug-likeness (QED) is 0.161. The smallest absolute Gasteiger partial charge is 0.234 e. The molecule has 0 unspecified atom stereocenters. The Labute approximate surface area is 322 Å². The van der Waals surface area contributed by atoms with E-state index in [1.165, 1.54) is 38.1 Å². The van der Waals surface area contributed by atoms with Gasteiger partial charge in [0.05, 0.1) is 22.6 Å². The Hall–Kier alpha value is -7.70. The first-order valence-corrected chi connectivity index (χ1v) is 18.7. The summed E-state index contributed by atoms with van der Waals surface area (Å²) in [4.78, 5) is 18.7. The Balaban J connectivity index is 1.15. The normalized spacial score (nSPS) is 11.6. The van der Waals surface area contributed by atoms with E-state index in [1.807, 2.05) is 47.4 Å². The van der Waals surface area contributed by atoms with Crippen molar-refractivity contribution in [3.05, 3.63) is 195 Å². The number of fused-ring (bicyclic) bond motifs is 6. The molecular weight excluding hydrogens is 685 g/mol. The summed E-state index contributed by atoms with van der Waals surface area (Å²) < 4.78 is 4.33. The van der Waals surface area contributed by atoms with Crippen molar-refractivity contribution in [3.8, 4) is 61.8 Å². The Kier molecular flexibility index (Phi) is 7.38. The number of pyridine rings is 2. The number of benzene rings is 6. The van der Waals surface area contributed by atoms with Crippen LogP contribution in [0.3, 0.4) is 0 Å². The van der Waals surface area contributed by atoms with Crippen molar-refractivity contribution in [1.82, 2.24) is 28.9 Å². The first-order chi connectivity index (χ1) is 27.8. The molecule has 11 aromatic rings. The molecule has 0 atom stereocenters. The second-order valence-corrected chi connectivity index (χ2v) is 14.0. The van der Waals surface area contributed by atoms with Crippen molar-refractivity contribution in [2.24, 2.45) is 0 Å². The van der Waals surface area contributed by atoms with E-state index in [-0.39, 0.29) is 0 Å². The number of hydrogen-bond donors (Lipinski definition) is 0.